The van der Waals surface area contributed by atoms with Crippen molar-refractivity contribution >= 4 is 0 Å². The van der Waals surface area contributed by atoms with Crippen LogP contribution in [0.2, 0.25) is 0 Å². The number of hydrogen-bond donors (Lipinski definition) is 3. The summed E-state index contributed by atoms with van der Waals surface area (Å²) in [5.74, 6) is -23.3. The highest BCUT2D eigenvalue weighted by Crippen LogP contribution is 2.54. The van der Waals surface area contributed by atoms with Crippen LogP contribution < -0.4 is 16.4 Å². The number of rotatable bonds is 11. The number of nitrogens with one attached hydrogen (secondary N) is 2. The molecule has 0 aliphatic heterocycles. The van der Waals surface area contributed by atoms with E-state index in [0.29, 0.717) is 51.4 Å². The van der Waals surface area contributed by atoms with Crippen LogP contribution in [0.25, 0.3) is 0 Å². The van der Waals surface area contributed by atoms with Gasteiger partial charge in [0, 0.05) is 50.0 Å². The maximum absolute atomic E-state index is 14.1. The quantitative estimate of drug-likeness (QED) is 0.361. The molecule has 2 saturated carbocycles. The van der Waals surface area contributed by atoms with Crippen LogP contribution in [0, 0.1) is 17.2 Å². The Morgan fingerprint density at radius 3 is 1.39 bits per heavy atom. The lowest BCUT2D eigenvalue weighted by molar-refractivity contribution is -0.367. The first-order chi connectivity index (χ1) is 15.2. The number of nitrogens with zero attached hydrogens (tertiary/aromatic N) is 1. The summed E-state index contributed by atoms with van der Waals surface area (Å²) in [5.41, 5.74) is 5.71. The van der Waals surface area contributed by atoms with E-state index in [9.17, 15) is 35.1 Å². The van der Waals surface area contributed by atoms with E-state index in [0.717, 1.165) is 0 Å². The Kier molecular flexibility index (Phi) is 9.38. The minimum Gasteiger partial charge on any atom is -0.328 e. The smallest absolute Gasteiger partial charge is 0.328 e. The highest BCUT2D eigenvalue weighted by Gasteiger charge is 2.79. The second kappa shape index (κ2) is 11.0. The Balaban J connectivity index is 1.88. The fourth-order valence-corrected chi connectivity index (χ4v) is 4.39. The number of hydrogen-bond acceptors (Lipinski definition) is 4. The molecule has 2 fully saturated rings. The number of nitrogens with two attached hydrogens (primary N) is 1. The molecule has 2 aliphatic rings. The predicted octanol–water partition coefficient (Wildman–Crippen LogP) is 4.84. The van der Waals surface area contributed by atoms with Crippen molar-refractivity contribution in [3.05, 3.63) is 0 Å². The van der Waals surface area contributed by atoms with Crippen molar-refractivity contribution in [2.75, 3.05) is 13.1 Å². The zero-order valence-corrected chi connectivity index (χ0v) is 18.3. The SMILES string of the molecule is N#CC1CCC(NCCC(F)(F)C(F)(F)C(F)(F)C(F)(F)CCNC2CCC(N)CC2)CC1. The van der Waals surface area contributed by atoms with Crippen LogP contribution in [0.4, 0.5) is 35.1 Å². The van der Waals surface area contributed by atoms with E-state index in [1.54, 1.807) is 0 Å². The van der Waals surface area contributed by atoms with Gasteiger partial charge in [-0.25, -0.2) is 0 Å². The van der Waals surface area contributed by atoms with E-state index in [1.807, 2.05) is 0 Å². The van der Waals surface area contributed by atoms with Gasteiger partial charge in [0.05, 0.1) is 6.07 Å². The lowest BCUT2D eigenvalue weighted by Gasteiger charge is -2.37. The molecule has 0 heterocycles. The third-order valence-electron chi connectivity index (χ3n) is 6.74. The summed E-state index contributed by atoms with van der Waals surface area (Å²) < 4.78 is 113. The maximum atomic E-state index is 14.1. The monoisotopic (exact) mass is 492 g/mol. The van der Waals surface area contributed by atoms with Crippen molar-refractivity contribution in [1.82, 2.24) is 10.6 Å². The normalized spacial score (nSPS) is 27.9. The van der Waals surface area contributed by atoms with Crippen molar-refractivity contribution in [3.8, 4) is 6.07 Å². The van der Waals surface area contributed by atoms with Gasteiger partial charge in [0.1, 0.15) is 0 Å². The number of halogens is 8. The molecular formula is C21H32F8N4. The Labute approximate surface area is 188 Å². The molecule has 0 bridgehead atoms. The van der Waals surface area contributed by atoms with Crippen LogP contribution in [0.15, 0.2) is 0 Å². The molecule has 0 aromatic carbocycles. The molecule has 0 amide bonds. The molecule has 33 heavy (non-hydrogen) atoms. The van der Waals surface area contributed by atoms with Crippen LogP contribution in [-0.4, -0.2) is 54.9 Å². The average molecular weight is 492 g/mol. The lowest BCUT2D eigenvalue weighted by Crippen LogP contribution is -2.63. The largest absolute Gasteiger partial charge is 0.378 e. The van der Waals surface area contributed by atoms with Crippen LogP contribution in [0.3, 0.4) is 0 Å². The first-order valence-corrected chi connectivity index (χ1v) is 11.4. The fourth-order valence-electron chi connectivity index (χ4n) is 4.39. The topological polar surface area (TPSA) is 73.9 Å². The molecule has 0 aromatic heterocycles. The first-order valence-electron chi connectivity index (χ1n) is 11.4. The maximum Gasteiger partial charge on any atom is 0.378 e. The van der Waals surface area contributed by atoms with Gasteiger partial charge in [-0.2, -0.15) is 40.4 Å². The molecule has 2 aliphatic carbocycles. The molecule has 0 radical (unpaired) electrons. The molecule has 0 aromatic rings. The second-order valence-electron chi connectivity index (χ2n) is 9.26. The van der Waals surface area contributed by atoms with Crippen LogP contribution in [0.5, 0.6) is 0 Å². The zero-order valence-electron chi connectivity index (χ0n) is 18.3. The second-order valence-corrected chi connectivity index (χ2v) is 9.26. The summed E-state index contributed by atoms with van der Waals surface area (Å²) in [5, 5.41) is 14.0. The Hall–Kier alpha value is -1.19. The molecule has 12 heteroatoms. The van der Waals surface area contributed by atoms with Gasteiger partial charge in [0.15, 0.2) is 0 Å². The van der Waals surface area contributed by atoms with Gasteiger partial charge in [-0.15, -0.1) is 0 Å². The molecule has 192 valence electrons. The summed E-state index contributed by atoms with van der Waals surface area (Å²) in [7, 11) is 0. The summed E-state index contributed by atoms with van der Waals surface area (Å²) in [6.45, 7) is -1.45. The van der Waals surface area contributed by atoms with Gasteiger partial charge in [-0.05, 0) is 51.4 Å². The van der Waals surface area contributed by atoms with Gasteiger partial charge in [-0.1, -0.05) is 0 Å². The highest BCUT2D eigenvalue weighted by molar-refractivity contribution is 5.04. The Morgan fingerprint density at radius 2 is 1.03 bits per heavy atom. The van der Waals surface area contributed by atoms with Crippen molar-refractivity contribution in [2.24, 2.45) is 11.7 Å². The first kappa shape index (κ1) is 28.1. The summed E-state index contributed by atoms with van der Waals surface area (Å²) in [4.78, 5) is 0. The molecule has 0 unspecified atom stereocenters. The van der Waals surface area contributed by atoms with Crippen LogP contribution in [-0.2, 0) is 0 Å². The van der Waals surface area contributed by atoms with E-state index in [2.05, 4.69) is 16.7 Å². The van der Waals surface area contributed by atoms with Crippen molar-refractivity contribution in [1.29, 1.82) is 5.26 Å². The molecule has 0 spiro atoms. The van der Waals surface area contributed by atoms with Gasteiger partial charge in [0.25, 0.3) is 0 Å². The third-order valence-corrected chi connectivity index (χ3v) is 6.74. The molecule has 2 rings (SSSR count). The molecule has 4 nitrogen and oxygen atoms in total. The van der Waals surface area contributed by atoms with E-state index < -0.39 is 49.6 Å². The van der Waals surface area contributed by atoms with Crippen LogP contribution >= 0.6 is 0 Å². The summed E-state index contributed by atoms with van der Waals surface area (Å²) in [6, 6.07) is 1.47. The zero-order chi connectivity index (χ0) is 24.9. The predicted molar refractivity (Wildman–Crippen MR) is 107 cm³/mol. The molecule has 0 atom stereocenters. The fraction of sp³-hybridized carbons (Fsp3) is 0.952. The van der Waals surface area contributed by atoms with Crippen LogP contribution in [0.1, 0.15) is 64.2 Å². The van der Waals surface area contributed by atoms with Gasteiger partial charge >= 0.3 is 23.7 Å². The van der Waals surface area contributed by atoms with Gasteiger partial charge in [-0.3, -0.25) is 0 Å². The Morgan fingerprint density at radius 1 is 0.667 bits per heavy atom. The van der Waals surface area contributed by atoms with Crippen molar-refractivity contribution in [2.45, 2.75) is 106 Å². The van der Waals surface area contributed by atoms with Gasteiger partial charge < -0.3 is 16.4 Å². The Bertz CT molecular complexity index is 651. The molecule has 0 saturated heterocycles. The summed E-state index contributed by atoms with van der Waals surface area (Å²) in [6.07, 6.45) is 0.789. The minimum atomic E-state index is -6.23. The van der Waals surface area contributed by atoms with Crippen molar-refractivity contribution < 1.29 is 35.1 Å². The average Bonchev–Trinajstić information content (AvgIpc) is 2.75. The summed E-state index contributed by atoms with van der Waals surface area (Å²) >= 11 is 0. The molecular weight excluding hydrogens is 460 g/mol. The third kappa shape index (κ3) is 6.69. The van der Waals surface area contributed by atoms with Gasteiger partial charge in [0.2, 0.25) is 0 Å². The minimum absolute atomic E-state index is 0.0307. The standard InChI is InChI=1S/C21H32F8N4/c22-18(23,9-11-32-16-5-1-14(13-30)2-6-16)20(26,27)21(28,29)19(24,25)10-12-33-17-7-3-15(31)4-8-17/h14-17,32-33H,1-12,31H2. The molecule has 4 N–H and O–H groups in total. The number of alkyl halides is 8. The lowest BCUT2D eigenvalue weighted by atomic mass is 9.87. The van der Waals surface area contributed by atoms with E-state index in [-0.39, 0.29) is 24.0 Å². The number of nitriles is 1. The van der Waals surface area contributed by atoms with E-state index >= 15 is 0 Å². The van der Waals surface area contributed by atoms with Crippen molar-refractivity contribution in [3.63, 3.8) is 0 Å². The van der Waals surface area contributed by atoms with E-state index in [1.165, 1.54) is 0 Å². The highest BCUT2D eigenvalue weighted by atomic mass is 19.4. The van der Waals surface area contributed by atoms with E-state index in [4.69, 9.17) is 11.0 Å².